The van der Waals surface area contributed by atoms with Gasteiger partial charge in [0.05, 0.1) is 0 Å². The maximum atomic E-state index is 5.82. The van der Waals surface area contributed by atoms with Crippen LogP contribution in [0.15, 0.2) is 91.0 Å². The van der Waals surface area contributed by atoms with Crippen molar-refractivity contribution >= 4 is 23.2 Å². The molecule has 0 heterocycles. The van der Waals surface area contributed by atoms with E-state index >= 15 is 0 Å². The van der Waals surface area contributed by atoms with Crippen molar-refractivity contribution < 1.29 is 4.74 Å². The van der Waals surface area contributed by atoms with Crippen LogP contribution < -0.4 is 15.9 Å². The maximum absolute atomic E-state index is 5.82. The monoisotopic (exact) mass is 392 g/mol. The molecule has 0 spiro atoms. The Morgan fingerprint density at radius 3 is 1.43 bits per heavy atom. The van der Waals surface area contributed by atoms with E-state index in [1.165, 1.54) is 34.9 Å². The molecule has 28 heavy (non-hydrogen) atoms. The molecule has 0 aromatic heterocycles. The van der Waals surface area contributed by atoms with Gasteiger partial charge in [-0.2, -0.15) is 0 Å². The normalized spacial score (nSPS) is 12.0. The van der Waals surface area contributed by atoms with Gasteiger partial charge in [-0.25, -0.2) is 0 Å². The first-order valence-corrected chi connectivity index (χ1v) is 12.8. The zero-order chi connectivity index (χ0) is 19.5. The number of rotatable bonds is 11. The van der Waals surface area contributed by atoms with Gasteiger partial charge in [0, 0.05) is 0 Å². The van der Waals surface area contributed by atoms with E-state index in [-0.39, 0.29) is 0 Å². The Labute approximate surface area is 171 Å². The molecule has 0 unspecified atom stereocenters. The third kappa shape index (κ3) is 5.10. The minimum absolute atomic E-state index is 0.878. The Morgan fingerprint density at radius 2 is 1.00 bits per heavy atom. The van der Waals surface area contributed by atoms with Gasteiger partial charge in [0.2, 0.25) is 0 Å². The zero-order valence-electron chi connectivity index (χ0n) is 17.0. The topological polar surface area (TPSA) is 9.23 Å². The number of hydrogen-bond acceptors (Lipinski definition) is 1. The zero-order valence-corrected chi connectivity index (χ0v) is 18.0. The molecule has 0 N–H and O–H groups in total. The van der Waals surface area contributed by atoms with Gasteiger partial charge in [-0.3, -0.25) is 0 Å². The molecule has 148 valence electrons. The quantitative estimate of drug-likeness (QED) is 0.317. The molecular formula is C26H33OP. The number of benzene rings is 3. The van der Waals surface area contributed by atoms with Crippen LogP contribution in [0.3, 0.4) is 0 Å². The van der Waals surface area contributed by atoms with Crippen LogP contribution in [-0.2, 0) is 4.74 Å². The van der Waals surface area contributed by atoms with E-state index in [9.17, 15) is 0 Å². The van der Waals surface area contributed by atoms with Gasteiger partial charge in [0.15, 0.2) is 0 Å². The predicted molar refractivity (Wildman–Crippen MR) is 126 cm³/mol. The Balaban J connectivity index is 1.91. The van der Waals surface area contributed by atoms with Crippen LogP contribution in [0.2, 0.25) is 0 Å². The standard InChI is InChI=1S/C26H33OP/c1-2-3-21-27-22-13-14-23-28(24-15-7-4-8-16-24,25-17-9-5-10-18-25)26-19-11-6-12-20-26/h4-12,15-20,28H,2-3,13-14,21-23H2,1H3. The van der Waals surface area contributed by atoms with Crippen LogP contribution in [0.4, 0.5) is 0 Å². The van der Waals surface area contributed by atoms with E-state index in [1.54, 1.807) is 0 Å². The van der Waals surface area contributed by atoms with Gasteiger partial charge in [-0.15, -0.1) is 0 Å². The summed E-state index contributed by atoms with van der Waals surface area (Å²) < 4.78 is 5.82. The summed E-state index contributed by atoms with van der Waals surface area (Å²) in [4.78, 5) is 0. The fourth-order valence-electron chi connectivity index (χ4n) is 4.04. The molecule has 0 aliphatic rings. The fraction of sp³-hybridized carbons (Fsp3) is 0.308. The van der Waals surface area contributed by atoms with E-state index in [4.69, 9.17) is 4.74 Å². The Hall–Kier alpha value is -1.95. The summed E-state index contributed by atoms with van der Waals surface area (Å²) in [6.07, 6.45) is 5.90. The van der Waals surface area contributed by atoms with Gasteiger partial charge < -0.3 is 0 Å². The van der Waals surface area contributed by atoms with Crippen molar-refractivity contribution in [3.63, 3.8) is 0 Å². The molecule has 3 rings (SSSR count). The van der Waals surface area contributed by atoms with Crippen LogP contribution in [-0.4, -0.2) is 19.4 Å². The molecular weight excluding hydrogens is 359 g/mol. The number of ether oxygens (including phenoxy) is 1. The number of hydrogen-bond donors (Lipinski definition) is 0. The summed E-state index contributed by atoms with van der Waals surface area (Å²) in [6.45, 7) is 3.99. The first-order chi connectivity index (χ1) is 13.9. The SMILES string of the molecule is CCCCOCCCC[PH](c1ccccc1)(c1ccccc1)c1ccccc1. The molecule has 0 atom stereocenters. The molecule has 0 amide bonds. The average molecular weight is 393 g/mol. The van der Waals surface area contributed by atoms with E-state index in [1.807, 2.05) is 0 Å². The summed E-state index contributed by atoms with van der Waals surface area (Å²) in [5.74, 6) is 0. The van der Waals surface area contributed by atoms with Crippen molar-refractivity contribution in [2.75, 3.05) is 19.4 Å². The van der Waals surface area contributed by atoms with Crippen molar-refractivity contribution in [1.29, 1.82) is 0 Å². The van der Waals surface area contributed by atoms with E-state index in [0.717, 1.165) is 26.1 Å². The second kappa shape index (κ2) is 11.1. The fourth-order valence-corrected chi connectivity index (χ4v) is 8.97. The Kier molecular flexibility index (Phi) is 8.27. The van der Waals surface area contributed by atoms with E-state index in [0.29, 0.717) is 0 Å². The summed E-state index contributed by atoms with van der Waals surface area (Å²) in [7, 11) is -2.05. The van der Waals surface area contributed by atoms with Gasteiger partial charge in [-0.1, -0.05) is 0 Å². The summed E-state index contributed by atoms with van der Waals surface area (Å²) in [5.41, 5.74) is 0. The molecule has 0 saturated heterocycles. The second-order valence-corrected chi connectivity index (χ2v) is 11.5. The van der Waals surface area contributed by atoms with Gasteiger partial charge in [0.1, 0.15) is 0 Å². The molecule has 2 heteroatoms. The van der Waals surface area contributed by atoms with E-state index < -0.39 is 7.26 Å². The first kappa shape index (κ1) is 20.8. The van der Waals surface area contributed by atoms with Gasteiger partial charge in [-0.05, 0) is 0 Å². The Morgan fingerprint density at radius 1 is 0.571 bits per heavy atom. The third-order valence-electron chi connectivity index (χ3n) is 5.53. The number of unbranched alkanes of at least 4 members (excludes halogenated alkanes) is 2. The molecule has 0 fully saturated rings. The van der Waals surface area contributed by atoms with Crippen molar-refractivity contribution in [1.82, 2.24) is 0 Å². The molecule has 0 saturated carbocycles. The molecule has 1 nitrogen and oxygen atoms in total. The van der Waals surface area contributed by atoms with Crippen LogP contribution in [0.25, 0.3) is 0 Å². The molecule has 3 aromatic carbocycles. The van der Waals surface area contributed by atoms with Crippen molar-refractivity contribution in [2.24, 2.45) is 0 Å². The van der Waals surface area contributed by atoms with Crippen molar-refractivity contribution in [2.45, 2.75) is 32.6 Å². The molecule has 0 bridgehead atoms. The van der Waals surface area contributed by atoms with E-state index in [2.05, 4.69) is 97.9 Å². The van der Waals surface area contributed by atoms with Crippen molar-refractivity contribution in [3.05, 3.63) is 91.0 Å². The van der Waals surface area contributed by atoms with Crippen LogP contribution in [0.1, 0.15) is 32.6 Å². The van der Waals surface area contributed by atoms with Crippen molar-refractivity contribution in [3.8, 4) is 0 Å². The predicted octanol–water partition coefficient (Wildman–Crippen LogP) is 5.31. The summed E-state index contributed by atoms with van der Waals surface area (Å²) >= 11 is 0. The Bertz CT molecular complexity index is 690. The third-order valence-corrected chi connectivity index (χ3v) is 10.6. The molecule has 0 aliphatic carbocycles. The second-order valence-electron chi connectivity index (χ2n) is 7.43. The summed E-state index contributed by atoms with van der Waals surface area (Å²) in [6, 6.07) is 33.5. The first-order valence-electron chi connectivity index (χ1n) is 10.6. The summed E-state index contributed by atoms with van der Waals surface area (Å²) in [5, 5.41) is 4.50. The molecule has 0 radical (unpaired) electrons. The van der Waals surface area contributed by atoms with Gasteiger partial charge >= 0.3 is 171 Å². The van der Waals surface area contributed by atoms with Gasteiger partial charge in [0.25, 0.3) is 0 Å². The van der Waals surface area contributed by atoms with Crippen LogP contribution in [0.5, 0.6) is 0 Å². The van der Waals surface area contributed by atoms with Crippen LogP contribution >= 0.6 is 7.26 Å². The molecule has 3 aromatic rings. The minimum atomic E-state index is -2.05. The average Bonchev–Trinajstić information content (AvgIpc) is 2.78. The van der Waals surface area contributed by atoms with Crippen LogP contribution in [0, 0.1) is 0 Å². The molecule has 0 aliphatic heterocycles.